The fourth-order valence-electron chi connectivity index (χ4n) is 3.41. The number of hydrogen-bond donors (Lipinski definition) is 1. The molecular weight excluding hydrogens is 270 g/mol. The van der Waals surface area contributed by atoms with Crippen LogP contribution in [0.15, 0.2) is 11.4 Å². The Morgan fingerprint density at radius 3 is 3.00 bits per heavy atom. The second-order valence-electron chi connectivity index (χ2n) is 5.51. The molecule has 5 heteroatoms. The van der Waals surface area contributed by atoms with Crippen LogP contribution in [0.4, 0.5) is 0 Å². The van der Waals surface area contributed by atoms with Gasteiger partial charge in [-0.25, -0.2) is 0 Å². The number of thiophene rings is 1. The molecule has 0 unspecified atom stereocenters. The van der Waals surface area contributed by atoms with Gasteiger partial charge in [0, 0.05) is 16.0 Å². The van der Waals surface area contributed by atoms with E-state index in [1.807, 2.05) is 11.3 Å². The van der Waals surface area contributed by atoms with E-state index in [9.17, 15) is 4.79 Å². The van der Waals surface area contributed by atoms with Crippen LogP contribution in [-0.2, 0) is 12.8 Å². The average molecular weight is 287 g/mol. The molecule has 104 valence electrons. The fraction of sp³-hybridized carbons (Fsp3) is 0.467. The molecule has 0 spiro atoms. The van der Waals surface area contributed by atoms with Gasteiger partial charge in [0.05, 0.1) is 11.7 Å². The van der Waals surface area contributed by atoms with E-state index in [0.29, 0.717) is 11.7 Å². The predicted molar refractivity (Wildman–Crippen MR) is 79.5 cm³/mol. The molecule has 1 saturated heterocycles. The van der Waals surface area contributed by atoms with Crippen LogP contribution < -0.4 is 5.32 Å². The Kier molecular flexibility index (Phi) is 2.97. The maximum atomic E-state index is 11.3. The quantitative estimate of drug-likeness (QED) is 0.863. The van der Waals surface area contributed by atoms with Crippen molar-refractivity contribution >= 4 is 17.6 Å². The van der Waals surface area contributed by atoms with Gasteiger partial charge in [-0.2, -0.15) is 5.10 Å². The first-order valence-corrected chi connectivity index (χ1v) is 8.10. The maximum Gasteiger partial charge on any atom is 0.170 e. The zero-order valence-corrected chi connectivity index (χ0v) is 12.1. The van der Waals surface area contributed by atoms with Gasteiger partial charge in [-0.3, -0.25) is 9.48 Å². The summed E-state index contributed by atoms with van der Waals surface area (Å²) >= 11 is 1.82. The lowest BCUT2D eigenvalue weighted by Gasteiger charge is -2.26. The van der Waals surface area contributed by atoms with Crippen LogP contribution in [0.3, 0.4) is 0 Å². The summed E-state index contributed by atoms with van der Waals surface area (Å²) in [6.45, 7) is 2.07. The second kappa shape index (κ2) is 4.82. The van der Waals surface area contributed by atoms with E-state index in [1.165, 1.54) is 16.1 Å². The molecule has 0 aromatic carbocycles. The van der Waals surface area contributed by atoms with Crippen LogP contribution in [0, 0.1) is 0 Å². The summed E-state index contributed by atoms with van der Waals surface area (Å²) < 4.78 is 2.14. The summed E-state index contributed by atoms with van der Waals surface area (Å²) in [6, 6.07) is 2.61. The lowest BCUT2D eigenvalue weighted by Crippen LogP contribution is -2.30. The molecule has 0 atom stereocenters. The highest BCUT2D eigenvalue weighted by atomic mass is 32.1. The van der Waals surface area contributed by atoms with Crippen LogP contribution in [0.5, 0.6) is 0 Å². The number of aromatic nitrogens is 2. The van der Waals surface area contributed by atoms with E-state index in [-0.39, 0.29) is 0 Å². The number of piperidine rings is 1. The van der Waals surface area contributed by atoms with Crippen molar-refractivity contribution < 1.29 is 4.79 Å². The van der Waals surface area contributed by atoms with Crippen molar-refractivity contribution in [2.45, 2.75) is 31.7 Å². The van der Waals surface area contributed by atoms with E-state index in [0.717, 1.165) is 50.6 Å². The Labute approximate surface area is 121 Å². The molecule has 20 heavy (non-hydrogen) atoms. The number of aldehydes is 1. The first-order valence-electron chi connectivity index (χ1n) is 7.22. The summed E-state index contributed by atoms with van der Waals surface area (Å²) in [5, 5.41) is 10.2. The molecule has 3 heterocycles. The molecule has 2 aromatic heterocycles. The van der Waals surface area contributed by atoms with Crippen LogP contribution in [-0.4, -0.2) is 29.2 Å². The van der Waals surface area contributed by atoms with Crippen molar-refractivity contribution in [2.75, 3.05) is 13.1 Å². The summed E-state index contributed by atoms with van der Waals surface area (Å²) in [5.41, 5.74) is 4.32. The van der Waals surface area contributed by atoms with Crippen molar-refractivity contribution in [1.29, 1.82) is 0 Å². The Hall–Kier alpha value is -1.46. The lowest BCUT2D eigenvalue weighted by molar-refractivity contribution is 0.111. The first kappa shape index (κ1) is 12.3. The Balaban J connectivity index is 1.88. The smallest absolute Gasteiger partial charge is 0.170 e. The number of fused-ring (bicyclic) bond motifs is 3. The van der Waals surface area contributed by atoms with Gasteiger partial charge in [0.25, 0.3) is 0 Å². The molecule has 4 nitrogen and oxygen atoms in total. The third kappa shape index (κ3) is 1.77. The average Bonchev–Trinajstić information content (AvgIpc) is 3.11. The number of carbonyl (C=O) groups is 1. The molecule has 1 aliphatic carbocycles. The maximum absolute atomic E-state index is 11.3. The largest absolute Gasteiger partial charge is 0.317 e. The summed E-state index contributed by atoms with van der Waals surface area (Å²) in [6.07, 6.45) is 5.09. The number of nitrogens with zero attached hydrogens (tertiary/aromatic N) is 2. The Bertz CT molecular complexity index is 652. The minimum atomic E-state index is 0.421. The number of nitrogens with one attached hydrogen (secondary N) is 1. The third-order valence-electron chi connectivity index (χ3n) is 4.41. The van der Waals surface area contributed by atoms with E-state index >= 15 is 0 Å². The minimum Gasteiger partial charge on any atom is -0.317 e. The SMILES string of the molecule is O=Cc1nn(C2CCNCC2)c2c1CCc1sccc1-2. The number of carbonyl (C=O) groups excluding carboxylic acids is 1. The van der Waals surface area contributed by atoms with Gasteiger partial charge in [-0.1, -0.05) is 0 Å². The molecule has 2 aliphatic rings. The zero-order chi connectivity index (χ0) is 13.5. The van der Waals surface area contributed by atoms with Gasteiger partial charge >= 0.3 is 0 Å². The molecule has 0 bridgehead atoms. The molecule has 0 saturated carbocycles. The van der Waals surface area contributed by atoms with Gasteiger partial charge in [-0.05, 0) is 50.2 Å². The third-order valence-corrected chi connectivity index (χ3v) is 5.39. The van der Waals surface area contributed by atoms with Crippen molar-refractivity contribution in [3.63, 3.8) is 0 Å². The lowest BCUT2D eigenvalue weighted by atomic mass is 9.94. The van der Waals surface area contributed by atoms with Crippen LogP contribution in [0.2, 0.25) is 0 Å². The fourth-order valence-corrected chi connectivity index (χ4v) is 4.29. The van der Waals surface area contributed by atoms with Crippen molar-refractivity contribution in [1.82, 2.24) is 15.1 Å². The molecule has 0 amide bonds. The zero-order valence-electron chi connectivity index (χ0n) is 11.3. The van der Waals surface area contributed by atoms with Crippen molar-refractivity contribution in [3.05, 3.63) is 27.6 Å². The molecule has 2 aromatic rings. The number of hydrogen-bond acceptors (Lipinski definition) is 4. The first-order chi connectivity index (χ1) is 9.88. The number of rotatable bonds is 2. The van der Waals surface area contributed by atoms with E-state index in [4.69, 9.17) is 0 Å². The molecule has 1 N–H and O–H groups in total. The molecule has 1 aliphatic heterocycles. The Morgan fingerprint density at radius 2 is 2.20 bits per heavy atom. The standard InChI is InChI=1S/C15H17N3OS/c19-9-13-11-1-2-14-12(5-8-20-14)15(11)18(17-13)10-3-6-16-7-4-10/h5,8-10,16H,1-4,6-7H2. The highest BCUT2D eigenvalue weighted by Crippen LogP contribution is 2.40. The van der Waals surface area contributed by atoms with Crippen LogP contribution in [0.1, 0.15) is 39.8 Å². The van der Waals surface area contributed by atoms with Crippen LogP contribution >= 0.6 is 11.3 Å². The van der Waals surface area contributed by atoms with E-state index in [2.05, 4.69) is 26.5 Å². The van der Waals surface area contributed by atoms with E-state index < -0.39 is 0 Å². The van der Waals surface area contributed by atoms with Gasteiger partial charge in [0.2, 0.25) is 0 Å². The highest BCUT2D eigenvalue weighted by Gasteiger charge is 2.29. The second-order valence-corrected chi connectivity index (χ2v) is 6.51. The highest BCUT2D eigenvalue weighted by molar-refractivity contribution is 7.10. The normalized spacial score (nSPS) is 18.6. The minimum absolute atomic E-state index is 0.421. The van der Waals surface area contributed by atoms with E-state index in [1.54, 1.807) is 0 Å². The molecule has 4 rings (SSSR count). The van der Waals surface area contributed by atoms with Crippen molar-refractivity contribution in [2.24, 2.45) is 0 Å². The summed E-state index contributed by atoms with van der Waals surface area (Å²) in [7, 11) is 0. The van der Waals surface area contributed by atoms with Gasteiger partial charge < -0.3 is 5.32 Å². The van der Waals surface area contributed by atoms with Gasteiger partial charge in [-0.15, -0.1) is 11.3 Å². The topological polar surface area (TPSA) is 46.9 Å². The summed E-state index contributed by atoms with van der Waals surface area (Å²) in [4.78, 5) is 12.8. The van der Waals surface area contributed by atoms with Crippen molar-refractivity contribution in [3.8, 4) is 11.3 Å². The molecular formula is C15H17N3OS. The van der Waals surface area contributed by atoms with Gasteiger partial charge in [0.15, 0.2) is 6.29 Å². The van der Waals surface area contributed by atoms with Gasteiger partial charge in [0.1, 0.15) is 5.69 Å². The molecule has 1 fully saturated rings. The van der Waals surface area contributed by atoms with Crippen LogP contribution in [0.25, 0.3) is 11.3 Å². The predicted octanol–water partition coefficient (Wildman–Crippen LogP) is 2.45. The molecule has 0 radical (unpaired) electrons. The summed E-state index contributed by atoms with van der Waals surface area (Å²) in [5.74, 6) is 0. The monoisotopic (exact) mass is 287 g/mol. The Morgan fingerprint density at radius 1 is 1.35 bits per heavy atom. The number of aryl methyl sites for hydroxylation is 1.